The topological polar surface area (TPSA) is 114 Å². The van der Waals surface area contributed by atoms with E-state index in [2.05, 4.69) is 10.5 Å². The molecule has 2 rings (SSSR count). The van der Waals surface area contributed by atoms with E-state index in [4.69, 9.17) is 10.6 Å². The molecule has 0 aliphatic heterocycles. The van der Waals surface area contributed by atoms with Crippen molar-refractivity contribution < 1.29 is 18.0 Å². The number of amides is 1. The molecule has 0 bridgehead atoms. The third-order valence-corrected chi connectivity index (χ3v) is 5.91. The highest BCUT2D eigenvalue weighted by Crippen LogP contribution is 2.25. The number of hydrogen-bond acceptors (Lipinski definition) is 5. The van der Waals surface area contributed by atoms with Crippen LogP contribution >= 0.6 is 0 Å². The maximum absolute atomic E-state index is 12.4. The summed E-state index contributed by atoms with van der Waals surface area (Å²) in [6.45, 7) is 3.21. The van der Waals surface area contributed by atoms with Crippen LogP contribution in [0.15, 0.2) is 52.5 Å². The second kappa shape index (κ2) is 8.85. The van der Waals surface area contributed by atoms with Crippen molar-refractivity contribution in [3.05, 3.63) is 59.2 Å². The fourth-order valence-corrected chi connectivity index (χ4v) is 3.34. The van der Waals surface area contributed by atoms with Gasteiger partial charge in [-0.2, -0.15) is 0 Å². The number of rotatable bonds is 7. The first kappa shape index (κ1) is 21.4. The molecule has 9 heteroatoms. The van der Waals surface area contributed by atoms with Crippen LogP contribution in [0, 0.1) is 13.8 Å². The summed E-state index contributed by atoms with van der Waals surface area (Å²) in [6.07, 6.45) is 0. The van der Waals surface area contributed by atoms with Crippen molar-refractivity contribution in [3.8, 4) is 0 Å². The predicted octanol–water partition coefficient (Wildman–Crippen LogP) is 1.83. The van der Waals surface area contributed by atoms with E-state index in [0.29, 0.717) is 11.3 Å². The van der Waals surface area contributed by atoms with E-state index in [-0.39, 0.29) is 17.3 Å². The fraction of sp³-hybridized carbons (Fsp3) is 0.263. The van der Waals surface area contributed by atoms with Crippen molar-refractivity contribution >= 4 is 27.5 Å². The monoisotopic (exact) mass is 404 g/mol. The highest BCUT2D eigenvalue weighted by molar-refractivity contribution is 7.89. The van der Waals surface area contributed by atoms with Crippen LogP contribution in [0.25, 0.3) is 0 Å². The molecule has 0 fully saturated rings. The Morgan fingerprint density at radius 2 is 1.82 bits per heavy atom. The molecule has 2 aromatic rings. The minimum absolute atomic E-state index is 0.100. The number of anilines is 1. The van der Waals surface area contributed by atoms with Crippen LogP contribution in [0.2, 0.25) is 0 Å². The van der Waals surface area contributed by atoms with E-state index in [0.717, 1.165) is 15.4 Å². The molecule has 0 aliphatic carbocycles. The van der Waals surface area contributed by atoms with Crippen LogP contribution in [0.3, 0.4) is 0 Å². The molecule has 0 saturated carbocycles. The fourth-order valence-electron chi connectivity index (χ4n) is 2.32. The Balaban J connectivity index is 2.10. The Morgan fingerprint density at radius 1 is 1.18 bits per heavy atom. The van der Waals surface area contributed by atoms with Crippen LogP contribution < -0.4 is 11.1 Å². The molecular weight excluding hydrogens is 380 g/mol. The first-order valence-electron chi connectivity index (χ1n) is 8.47. The SMILES string of the molecule is Cc1cc(S(=O)(=O)N(C)C)cc(NC(=O)CO/N=C(\N)c2ccccc2)c1C. The normalized spacial score (nSPS) is 12.1. The Hall–Kier alpha value is -2.91. The van der Waals surface area contributed by atoms with E-state index in [1.54, 1.807) is 32.0 Å². The van der Waals surface area contributed by atoms with Gasteiger partial charge in [-0.25, -0.2) is 12.7 Å². The molecule has 0 aliphatic rings. The largest absolute Gasteiger partial charge is 0.384 e. The molecule has 8 nitrogen and oxygen atoms in total. The van der Waals surface area contributed by atoms with Gasteiger partial charge in [0.1, 0.15) is 0 Å². The molecule has 2 aromatic carbocycles. The Kier molecular flexibility index (Phi) is 6.76. The molecule has 150 valence electrons. The average Bonchev–Trinajstić information content (AvgIpc) is 2.65. The maximum atomic E-state index is 12.4. The molecule has 0 aromatic heterocycles. The first-order valence-corrected chi connectivity index (χ1v) is 9.91. The summed E-state index contributed by atoms with van der Waals surface area (Å²) >= 11 is 0. The van der Waals surface area contributed by atoms with Gasteiger partial charge in [0.05, 0.1) is 4.90 Å². The zero-order valence-corrected chi connectivity index (χ0v) is 17.1. The quantitative estimate of drug-likeness (QED) is 0.415. The summed E-state index contributed by atoms with van der Waals surface area (Å²) in [5.41, 5.74) is 8.37. The molecular formula is C19H24N4O4S. The number of carbonyl (C=O) groups is 1. The number of oxime groups is 1. The number of nitrogens with two attached hydrogens (primary N) is 1. The zero-order chi connectivity index (χ0) is 20.9. The van der Waals surface area contributed by atoms with E-state index in [9.17, 15) is 13.2 Å². The smallest absolute Gasteiger partial charge is 0.265 e. The summed E-state index contributed by atoms with van der Waals surface area (Å²) in [5, 5.41) is 6.39. The van der Waals surface area contributed by atoms with Crippen LogP contribution in [0.4, 0.5) is 5.69 Å². The van der Waals surface area contributed by atoms with Gasteiger partial charge in [0.15, 0.2) is 12.4 Å². The molecule has 1 amide bonds. The van der Waals surface area contributed by atoms with Gasteiger partial charge < -0.3 is 15.9 Å². The lowest BCUT2D eigenvalue weighted by atomic mass is 10.1. The second-order valence-corrected chi connectivity index (χ2v) is 8.52. The van der Waals surface area contributed by atoms with Crippen molar-refractivity contribution in [1.29, 1.82) is 0 Å². The van der Waals surface area contributed by atoms with Crippen molar-refractivity contribution in [3.63, 3.8) is 0 Å². The standard InChI is InChI=1S/C19H24N4O4S/c1-13-10-16(28(25,26)23(3)4)11-17(14(13)2)21-18(24)12-27-22-19(20)15-8-6-5-7-9-15/h5-11H,12H2,1-4H3,(H2,20,22)(H,21,24). The number of nitrogens with zero attached hydrogens (tertiary/aromatic N) is 2. The molecule has 0 radical (unpaired) electrons. The van der Waals surface area contributed by atoms with Crippen LogP contribution in [0.1, 0.15) is 16.7 Å². The third kappa shape index (κ3) is 5.08. The second-order valence-electron chi connectivity index (χ2n) is 6.36. The van der Waals surface area contributed by atoms with Crippen molar-refractivity contribution in [2.24, 2.45) is 10.9 Å². The van der Waals surface area contributed by atoms with Crippen molar-refractivity contribution in [2.75, 3.05) is 26.0 Å². The lowest BCUT2D eigenvalue weighted by Gasteiger charge is -2.16. The van der Waals surface area contributed by atoms with Gasteiger partial charge in [-0.15, -0.1) is 0 Å². The summed E-state index contributed by atoms with van der Waals surface area (Å²) in [5.74, 6) is -0.328. The number of sulfonamides is 1. The Bertz CT molecular complexity index is 986. The average molecular weight is 404 g/mol. The van der Waals surface area contributed by atoms with Gasteiger partial charge in [-0.3, -0.25) is 4.79 Å². The van der Waals surface area contributed by atoms with Crippen LogP contribution in [-0.2, 0) is 19.7 Å². The summed E-state index contributed by atoms with van der Waals surface area (Å²) < 4.78 is 25.9. The third-order valence-electron chi connectivity index (χ3n) is 4.12. The molecule has 0 unspecified atom stereocenters. The van der Waals surface area contributed by atoms with Gasteiger partial charge in [0, 0.05) is 25.3 Å². The van der Waals surface area contributed by atoms with E-state index in [1.165, 1.54) is 20.2 Å². The number of carbonyl (C=O) groups excluding carboxylic acids is 1. The Morgan fingerprint density at radius 3 is 2.43 bits per heavy atom. The molecule has 0 spiro atoms. The van der Waals surface area contributed by atoms with Crippen molar-refractivity contribution in [1.82, 2.24) is 4.31 Å². The van der Waals surface area contributed by atoms with Gasteiger partial charge >= 0.3 is 0 Å². The minimum Gasteiger partial charge on any atom is -0.384 e. The zero-order valence-electron chi connectivity index (χ0n) is 16.3. The number of hydrogen-bond donors (Lipinski definition) is 2. The lowest BCUT2D eigenvalue weighted by molar-refractivity contribution is -0.120. The molecule has 3 N–H and O–H groups in total. The molecule has 0 saturated heterocycles. The van der Waals surface area contributed by atoms with Crippen LogP contribution in [-0.4, -0.2) is 45.2 Å². The molecule has 0 atom stereocenters. The Labute approximate surface area is 165 Å². The number of aryl methyl sites for hydroxylation is 1. The lowest BCUT2D eigenvalue weighted by Crippen LogP contribution is -2.23. The van der Waals surface area contributed by atoms with Gasteiger partial charge in [-0.05, 0) is 37.1 Å². The maximum Gasteiger partial charge on any atom is 0.265 e. The van der Waals surface area contributed by atoms with Gasteiger partial charge in [0.2, 0.25) is 10.0 Å². The van der Waals surface area contributed by atoms with Crippen LogP contribution in [0.5, 0.6) is 0 Å². The minimum atomic E-state index is -3.62. The highest BCUT2D eigenvalue weighted by Gasteiger charge is 2.20. The first-order chi connectivity index (χ1) is 13.1. The van der Waals surface area contributed by atoms with Gasteiger partial charge in [0.25, 0.3) is 5.91 Å². The highest BCUT2D eigenvalue weighted by atomic mass is 32.2. The molecule has 28 heavy (non-hydrogen) atoms. The molecule has 0 heterocycles. The number of nitrogens with one attached hydrogen (secondary N) is 1. The predicted molar refractivity (Wildman–Crippen MR) is 109 cm³/mol. The summed E-state index contributed by atoms with van der Waals surface area (Å²) in [6, 6.07) is 12.0. The van der Waals surface area contributed by atoms with Gasteiger partial charge in [-0.1, -0.05) is 35.5 Å². The van der Waals surface area contributed by atoms with E-state index < -0.39 is 15.9 Å². The summed E-state index contributed by atoms with van der Waals surface area (Å²) in [4.78, 5) is 17.3. The number of benzene rings is 2. The van der Waals surface area contributed by atoms with Crippen molar-refractivity contribution in [2.45, 2.75) is 18.7 Å². The summed E-state index contributed by atoms with van der Waals surface area (Å²) in [7, 11) is -0.721. The van der Waals surface area contributed by atoms with E-state index in [1.807, 2.05) is 18.2 Å². The van der Waals surface area contributed by atoms with E-state index >= 15 is 0 Å². The number of amidine groups is 1.